The standard InChI is InChI=1S/C68H105N15O19/c1-13-36(8)47-61(95)80-48(37(9)85)60(94)73-30-46(86)78-50(53(88)55(69)89)63(97)77-44(32-84)65(99)101-54(39-23-18-15-19-24-39)51(82-58(92)43(28-34(4)5)75-59(93)45-29-40(38-21-16-14-17-22-38)31-83(45)67(100)102-68(10,11)12)64(98)81-49(52(87)35(6)7)62(96)76-42(27-33(2)3)57(91)74-41(56(90)79-47)25-20-26-72-66(70)71/h14-19,21-24,33-37,40-45,47-54,84-85,87-88H,13,20,25-32H2,1-12H3,(H2,69,89)(H,73,94)(H,74,91)(H,75,93)(H,76,96)(H,77,97)(H,78,86)(H,79,90)(H,80,95)(H,81,98)(H,82,92)(H4,70,71,72)/t36-,37-,40+,41+,42-,43-,44-,45-,47?,48?,49-,50-,51-,52+,53-,54+/m0/s1. The number of benzene rings is 2. The lowest BCUT2D eigenvalue weighted by Gasteiger charge is -2.34. The Balaban J connectivity index is 2.00. The molecule has 0 radical (unpaired) electrons. The van der Waals surface area contributed by atoms with E-state index in [4.69, 9.17) is 26.7 Å². The van der Waals surface area contributed by atoms with Crippen LogP contribution in [0.3, 0.4) is 0 Å². The van der Waals surface area contributed by atoms with Crippen LogP contribution in [0.4, 0.5) is 4.79 Å². The number of hydrogen-bond acceptors (Lipinski definition) is 20. The van der Waals surface area contributed by atoms with Crippen LogP contribution < -0.4 is 70.4 Å². The number of aliphatic imine (C=N–C) groups is 1. The summed E-state index contributed by atoms with van der Waals surface area (Å²) in [6, 6.07) is -2.30. The number of hydrogen-bond donors (Lipinski definition) is 17. The van der Waals surface area contributed by atoms with Crippen molar-refractivity contribution in [3.05, 3.63) is 71.8 Å². The van der Waals surface area contributed by atoms with Crippen LogP contribution in [0.15, 0.2) is 65.7 Å². The van der Waals surface area contributed by atoms with Gasteiger partial charge >= 0.3 is 12.1 Å². The van der Waals surface area contributed by atoms with Gasteiger partial charge in [0.15, 0.2) is 24.2 Å². The van der Waals surface area contributed by atoms with E-state index in [1.807, 2.05) is 22.8 Å². The van der Waals surface area contributed by atoms with Gasteiger partial charge in [0.1, 0.15) is 60.0 Å². The molecule has 4 rings (SSSR count). The zero-order valence-corrected chi connectivity index (χ0v) is 59.9. The molecule has 16 atom stereocenters. The number of likely N-dealkylation sites (tertiary alicyclic amines) is 1. The third kappa shape index (κ3) is 25.8. The summed E-state index contributed by atoms with van der Waals surface area (Å²) in [6.07, 6.45) is -9.32. The minimum absolute atomic E-state index is 0.0295. The fraction of sp³-hybridized carbons (Fsp3) is 0.618. The molecule has 102 heavy (non-hydrogen) atoms. The Bertz CT molecular complexity index is 3260. The molecule has 0 spiro atoms. The molecule has 0 aliphatic carbocycles. The predicted molar refractivity (Wildman–Crippen MR) is 369 cm³/mol. The molecule has 34 heteroatoms. The second kappa shape index (κ2) is 39.6. The summed E-state index contributed by atoms with van der Waals surface area (Å²) in [5.74, 6) is -18.1. The number of ether oxygens (including phenoxy) is 2. The number of primary amides is 1. The summed E-state index contributed by atoms with van der Waals surface area (Å²) in [5.41, 5.74) is 16.2. The van der Waals surface area contributed by atoms with E-state index < -0.39 is 204 Å². The van der Waals surface area contributed by atoms with Crippen LogP contribution >= 0.6 is 0 Å². The molecule has 2 aromatic rings. The van der Waals surface area contributed by atoms with Crippen LogP contribution in [0.5, 0.6) is 0 Å². The van der Waals surface area contributed by atoms with Gasteiger partial charge in [0, 0.05) is 19.0 Å². The normalized spacial score (nSPS) is 25.1. The Hall–Kier alpha value is -9.54. The van der Waals surface area contributed by atoms with Crippen molar-refractivity contribution in [2.24, 2.45) is 45.9 Å². The van der Waals surface area contributed by atoms with Gasteiger partial charge in [0.2, 0.25) is 65.0 Å². The molecule has 20 N–H and O–H groups in total. The highest BCUT2D eigenvalue weighted by Gasteiger charge is 2.46. The minimum atomic E-state index is -2.60. The number of cyclic esters (lactones) is 1. The zero-order valence-electron chi connectivity index (χ0n) is 59.9. The number of carbonyl (C=O) groups excluding carboxylic acids is 13. The molecule has 2 aliphatic heterocycles. The van der Waals surface area contributed by atoms with Crippen molar-refractivity contribution in [3.63, 3.8) is 0 Å². The lowest BCUT2D eigenvalue weighted by Crippen LogP contribution is -2.64. The number of carbonyl (C=O) groups is 13. The van der Waals surface area contributed by atoms with Crippen LogP contribution in [0.25, 0.3) is 0 Å². The Morgan fingerprint density at radius 1 is 0.676 bits per heavy atom. The van der Waals surface area contributed by atoms with Crippen LogP contribution in [-0.4, -0.2) is 219 Å². The average Bonchev–Trinajstić information content (AvgIpc) is 1.46. The van der Waals surface area contributed by atoms with Gasteiger partial charge < -0.3 is 100 Å². The maximum Gasteiger partial charge on any atom is 0.410 e. The van der Waals surface area contributed by atoms with Gasteiger partial charge in [-0.25, -0.2) is 9.59 Å². The van der Waals surface area contributed by atoms with Crippen molar-refractivity contribution < 1.29 is 92.2 Å². The maximum atomic E-state index is 15.7. The van der Waals surface area contributed by atoms with E-state index in [0.29, 0.717) is 0 Å². The summed E-state index contributed by atoms with van der Waals surface area (Å²) in [7, 11) is 0. The van der Waals surface area contributed by atoms with E-state index in [1.54, 1.807) is 80.5 Å². The number of nitrogens with two attached hydrogens (primary N) is 3. The van der Waals surface area contributed by atoms with E-state index in [9.17, 15) is 68.4 Å². The number of nitrogens with zero attached hydrogens (tertiary/aromatic N) is 2. The van der Waals surface area contributed by atoms with Crippen molar-refractivity contribution in [1.82, 2.24) is 58.1 Å². The molecular weight excluding hydrogens is 1330 g/mol. The zero-order chi connectivity index (χ0) is 76.6. The Morgan fingerprint density at radius 2 is 1.23 bits per heavy atom. The van der Waals surface area contributed by atoms with Gasteiger partial charge in [-0.05, 0) is 94.6 Å². The van der Waals surface area contributed by atoms with Crippen molar-refractivity contribution >= 4 is 83.0 Å². The van der Waals surface area contributed by atoms with Gasteiger partial charge in [-0.15, -0.1) is 0 Å². The first-order chi connectivity index (χ1) is 47.8. The largest absolute Gasteiger partial charge is 0.453 e. The quantitative estimate of drug-likeness (QED) is 0.0242. The molecule has 566 valence electrons. The fourth-order valence-electron chi connectivity index (χ4n) is 11.2. The summed E-state index contributed by atoms with van der Waals surface area (Å²) in [4.78, 5) is 193. The number of esters is 1. The second-order valence-electron chi connectivity index (χ2n) is 27.8. The van der Waals surface area contributed by atoms with E-state index in [-0.39, 0.29) is 69.1 Å². The number of aliphatic hydroxyl groups is 4. The summed E-state index contributed by atoms with van der Waals surface area (Å²) in [5, 5.41) is 68.8. The van der Waals surface area contributed by atoms with Crippen molar-refractivity contribution in [3.8, 4) is 0 Å². The number of nitrogens with one attached hydrogen (secondary N) is 10. The molecule has 2 unspecified atom stereocenters. The Morgan fingerprint density at radius 3 is 1.76 bits per heavy atom. The molecule has 0 saturated carbocycles. The molecule has 2 aliphatic rings. The van der Waals surface area contributed by atoms with Crippen molar-refractivity contribution in [2.75, 3.05) is 26.2 Å². The number of guanidine groups is 1. The topological polar surface area (TPSA) is 535 Å². The minimum Gasteiger partial charge on any atom is -0.453 e. The van der Waals surface area contributed by atoms with Gasteiger partial charge in [0.05, 0.1) is 25.4 Å². The van der Waals surface area contributed by atoms with Gasteiger partial charge in [-0.2, -0.15) is 0 Å². The Labute approximate surface area is 593 Å². The summed E-state index contributed by atoms with van der Waals surface area (Å²) in [6.45, 7) is 16.6. The first-order valence-electron chi connectivity index (χ1n) is 34.1. The van der Waals surface area contributed by atoms with E-state index >= 15 is 14.4 Å². The first-order valence-corrected chi connectivity index (χ1v) is 34.1. The van der Waals surface area contributed by atoms with Gasteiger partial charge in [-0.3, -0.25) is 62.6 Å². The van der Waals surface area contributed by atoms with Crippen molar-refractivity contribution in [1.29, 1.82) is 0 Å². The fourth-order valence-corrected chi connectivity index (χ4v) is 11.2. The second-order valence-corrected chi connectivity index (χ2v) is 27.8. The molecule has 2 saturated heterocycles. The van der Waals surface area contributed by atoms with E-state index in [2.05, 4.69) is 47.5 Å². The highest BCUT2D eigenvalue weighted by Crippen LogP contribution is 2.34. The van der Waals surface area contributed by atoms with Crippen LogP contribution in [0, 0.1) is 23.7 Å². The number of aliphatic hydroxyl groups excluding tert-OH is 4. The van der Waals surface area contributed by atoms with Gasteiger partial charge in [0.25, 0.3) is 0 Å². The Kier molecular flexibility index (Phi) is 33.0. The SMILES string of the molecule is CC[C@H](C)C1NC(=O)[C@@H](CCCN=C(N)N)NC(=O)[C@H](CC(C)C)NC(=O)[C@H]([C@H](O)C(C)C)NC(=O)[C@@H](NC(=O)[C@H](CC(C)C)NC(=O)[C@@H]2C[C@@H](c3ccccc3)CN2C(=O)OC(C)(C)C)[C@@H](c2ccccc2)OC(=O)[C@H](CO)NC(=O)[C@H]([C@H](O)C(N)=O)NC(=O)CNC(=O)C([C@H](C)O)NC1=O. The highest BCUT2D eigenvalue weighted by molar-refractivity contribution is 6.00. The van der Waals surface area contributed by atoms with Gasteiger partial charge in [-0.1, -0.05) is 122 Å². The van der Waals surface area contributed by atoms with Crippen molar-refractivity contribution in [2.45, 2.75) is 218 Å². The molecule has 34 nitrogen and oxygen atoms in total. The molecule has 2 fully saturated rings. The lowest BCUT2D eigenvalue weighted by atomic mass is 9.95. The molecule has 0 bridgehead atoms. The average molecular weight is 1440 g/mol. The van der Waals surface area contributed by atoms with Crippen LogP contribution in [-0.2, 0) is 67.0 Å². The molecular formula is C68H105N15O19. The third-order valence-electron chi connectivity index (χ3n) is 16.9. The first kappa shape index (κ1) is 84.9. The third-order valence-corrected chi connectivity index (χ3v) is 16.9. The summed E-state index contributed by atoms with van der Waals surface area (Å²) < 4.78 is 11.8. The van der Waals surface area contributed by atoms with Crippen LogP contribution in [0.2, 0.25) is 0 Å². The molecule has 2 aromatic carbocycles. The number of rotatable bonds is 22. The highest BCUT2D eigenvalue weighted by atomic mass is 16.6. The molecule has 12 amide bonds. The van der Waals surface area contributed by atoms with Crippen LogP contribution in [0.1, 0.15) is 145 Å². The maximum absolute atomic E-state index is 15.7. The molecule has 2 heterocycles. The molecule has 0 aromatic heterocycles. The smallest absolute Gasteiger partial charge is 0.410 e. The predicted octanol–water partition coefficient (Wildman–Crippen LogP) is -3.01. The van der Waals surface area contributed by atoms with E-state index in [1.165, 1.54) is 49.1 Å². The number of amides is 12. The lowest BCUT2D eigenvalue weighted by molar-refractivity contribution is -0.159. The summed E-state index contributed by atoms with van der Waals surface area (Å²) >= 11 is 0. The monoisotopic (exact) mass is 1440 g/mol. The van der Waals surface area contributed by atoms with E-state index in [0.717, 1.165) is 12.5 Å².